The number of hydrogen-bond acceptors (Lipinski definition) is 4. The van der Waals surface area contributed by atoms with Crippen LogP contribution in [-0.2, 0) is 36.9 Å². The molecule has 7 nitrogen and oxygen atoms in total. The van der Waals surface area contributed by atoms with Gasteiger partial charge in [-0.25, -0.2) is 9.67 Å². The molecule has 2 aromatic heterocycles. The van der Waals surface area contributed by atoms with Gasteiger partial charge in [-0.1, -0.05) is 36.2 Å². The van der Waals surface area contributed by atoms with Gasteiger partial charge in [0.25, 0.3) is 0 Å². The van der Waals surface area contributed by atoms with Crippen molar-refractivity contribution in [3.63, 3.8) is 0 Å². The van der Waals surface area contributed by atoms with Crippen molar-refractivity contribution in [3.05, 3.63) is 58.7 Å². The van der Waals surface area contributed by atoms with Gasteiger partial charge in [0.15, 0.2) is 5.69 Å². The maximum absolute atomic E-state index is 13.4. The molecule has 1 aromatic carbocycles. The standard InChI is InChI=1S/C21H23F3N6O/c1-14-7-9-15(10-8-14)11-29-13-25-20(28-29)26-18(31)12-30-17-6-4-2-3-5-16(17)19(27-30)21(22,23)24/h7-10,13H,2-6,11-12H2,1H3,(H,26,28,31). The summed E-state index contributed by atoms with van der Waals surface area (Å²) in [6, 6.07) is 7.96. The summed E-state index contributed by atoms with van der Waals surface area (Å²) < 4.78 is 43.0. The number of amides is 1. The Balaban J connectivity index is 1.45. The summed E-state index contributed by atoms with van der Waals surface area (Å²) in [5.41, 5.74) is 2.03. The largest absolute Gasteiger partial charge is 0.435 e. The molecule has 0 radical (unpaired) electrons. The van der Waals surface area contributed by atoms with Crippen molar-refractivity contribution in [2.24, 2.45) is 0 Å². The Bertz CT molecular complexity index is 1070. The van der Waals surface area contributed by atoms with Gasteiger partial charge < -0.3 is 0 Å². The van der Waals surface area contributed by atoms with Crippen molar-refractivity contribution in [1.82, 2.24) is 24.5 Å². The fourth-order valence-corrected chi connectivity index (χ4v) is 3.81. The highest BCUT2D eigenvalue weighted by Gasteiger charge is 2.39. The quantitative estimate of drug-likeness (QED) is 0.623. The number of nitrogens with zero attached hydrogens (tertiary/aromatic N) is 5. The van der Waals surface area contributed by atoms with Crippen molar-refractivity contribution in [2.75, 3.05) is 5.32 Å². The summed E-state index contributed by atoms with van der Waals surface area (Å²) in [6.45, 7) is 2.18. The summed E-state index contributed by atoms with van der Waals surface area (Å²) in [7, 11) is 0. The monoisotopic (exact) mass is 432 g/mol. The second-order valence-electron chi connectivity index (χ2n) is 7.79. The molecule has 10 heteroatoms. The predicted molar refractivity (Wildman–Crippen MR) is 107 cm³/mol. The van der Waals surface area contributed by atoms with E-state index in [1.165, 1.54) is 11.0 Å². The van der Waals surface area contributed by atoms with E-state index in [1.54, 1.807) is 4.68 Å². The Kier molecular flexibility index (Phi) is 5.79. The molecule has 3 aromatic rings. The average molecular weight is 432 g/mol. The molecule has 1 aliphatic rings. The molecule has 31 heavy (non-hydrogen) atoms. The molecule has 2 heterocycles. The molecule has 164 valence electrons. The maximum Gasteiger partial charge on any atom is 0.435 e. The van der Waals surface area contributed by atoms with Gasteiger partial charge in [-0.15, -0.1) is 5.10 Å². The van der Waals surface area contributed by atoms with Crippen LogP contribution in [0.5, 0.6) is 0 Å². The molecule has 0 spiro atoms. The molecular weight excluding hydrogens is 409 g/mol. The lowest BCUT2D eigenvalue weighted by molar-refractivity contribution is -0.142. The number of benzene rings is 1. The van der Waals surface area contributed by atoms with Crippen LogP contribution in [0.25, 0.3) is 0 Å². The van der Waals surface area contributed by atoms with Gasteiger partial charge in [0.1, 0.15) is 12.9 Å². The average Bonchev–Trinajstić information content (AvgIpc) is 3.19. The first-order valence-corrected chi connectivity index (χ1v) is 10.2. The number of nitrogens with one attached hydrogen (secondary N) is 1. The first kappa shape index (κ1) is 21.1. The topological polar surface area (TPSA) is 77.6 Å². The third-order valence-electron chi connectivity index (χ3n) is 5.32. The molecule has 1 amide bonds. The molecule has 0 saturated heterocycles. The number of anilines is 1. The minimum absolute atomic E-state index is 0.103. The zero-order valence-corrected chi connectivity index (χ0v) is 17.1. The molecular formula is C21H23F3N6O. The van der Waals surface area contributed by atoms with Gasteiger partial charge >= 0.3 is 6.18 Å². The van der Waals surface area contributed by atoms with Gasteiger partial charge in [0.05, 0.1) is 6.54 Å². The van der Waals surface area contributed by atoms with Crippen LogP contribution in [0.15, 0.2) is 30.6 Å². The van der Waals surface area contributed by atoms with Crippen LogP contribution in [-0.4, -0.2) is 30.5 Å². The lowest BCUT2D eigenvalue weighted by Crippen LogP contribution is -2.22. The van der Waals surface area contributed by atoms with E-state index in [0.717, 1.165) is 24.0 Å². The van der Waals surface area contributed by atoms with E-state index in [4.69, 9.17) is 0 Å². The number of halogens is 3. The lowest BCUT2D eigenvalue weighted by Gasteiger charge is -2.07. The van der Waals surface area contributed by atoms with Gasteiger partial charge in [0, 0.05) is 11.3 Å². The third kappa shape index (κ3) is 4.95. The van der Waals surface area contributed by atoms with Crippen LogP contribution >= 0.6 is 0 Å². The Morgan fingerprint density at radius 2 is 1.84 bits per heavy atom. The Labute approximate surface area is 177 Å². The fraction of sp³-hybridized carbons (Fsp3) is 0.429. The molecule has 0 fully saturated rings. The molecule has 0 aliphatic heterocycles. The molecule has 0 atom stereocenters. The van der Waals surface area contributed by atoms with E-state index in [1.807, 2.05) is 31.2 Å². The second kappa shape index (κ2) is 8.52. The van der Waals surface area contributed by atoms with Crippen LogP contribution in [0.4, 0.5) is 19.1 Å². The highest BCUT2D eigenvalue weighted by atomic mass is 19.4. The van der Waals surface area contributed by atoms with Crippen LogP contribution in [0.3, 0.4) is 0 Å². The van der Waals surface area contributed by atoms with E-state index in [-0.39, 0.29) is 18.1 Å². The van der Waals surface area contributed by atoms with Gasteiger partial charge in [0.2, 0.25) is 11.9 Å². The van der Waals surface area contributed by atoms with Crippen molar-refractivity contribution in [3.8, 4) is 0 Å². The van der Waals surface area contributed by atoms with Crippen molar-refractivity contribution in [2.45, 2.75) is 58.3 Å². The third-order valence-corrected chi connectivity index (χ3v) is 5.32. The second-order valence-corrected chi connectivity index (χ2v) is 7.79. The number of carbonyl (C=O) groups excluding carboxylic acids is 1. The van der Waals surface area contributed by atoms with Crippen molar-refractivity contribution < 1.29 is 18.0 Å². The number of aryl methyl sites for hydroxylation is 1. The normalized spacial score (nSPS) is 14.2. The number of hydrogen-bond donors (Lipinski definition) is 1. The van der Waals surface area contributed by atoms with Crippen LogP contribution in [0, 0.1) is 6.92 Å². The predicted octanol–water partition coefficient (Wildman–Crippen LogP) is 3.76. The number of fused-ring (bicyclic) bond motifs is 1. The van der Waals surface area contributed by atoms with E-state index >= 15 is 0 Å². The maximum atomic E-state index is 13.4. The van der Waals surface area contributed by atoms with Gasteiger partial charge in [-0.05, 0) is 38.2 Å². The zero-order chi connectivity index (χ0) is 22.0. The molecule has 0 saturated carbocycles. The highest BCUT2D eigenvalue weighted by molar-refractivity contribution is 5.88. The van der Waals surface area contributed by atoms with Gasteiger partial charge in [-0.3, -0.25) is 14.8 Å². The molecule has 1 aliphatic carbocycles. The minimum atomic E-state index is -4.54. The van der Waals surface area contributed by atoms with Crippen molar-refractivity contribution in [1.29, 1.82) is 0 Å². The van der Waals surface area contributed by atoms with Crippen LogP contribution in [0.1, 0.15) is 47.3 Å². The van der Waals surface area contributed by atoms with Crippen LogP contribution in [0.2, 0.25) is 0 Å². The molecule has 1 N–H and O–H groups in total. The summed E-state index contributed by atoms with van der Waals surface area (Å²) in [5.74, 6) is -0.414. The fourth-order valence-electron chi connectivity index (χ4n) is 3.81. The number of aromatic nitrogens is 5. The van der Waals surface area contributed by atoms with E-state index in [9.17, 15) is 18.0 Å². The lowest BCUT2D eigenvalue weighted by atomic mass is 10.1. The Morgan fingerprint density at radius 3 is 2.58 bits per heavy atom. The Morgan fingerprint density at radius 1 is 1.10 bits per heavy atom. The number of alkyl halides is 3. The van der Waals surface area contributed by atoms with Crippen molar-refractivity contribution >= 4 is 11.9 Å². The SMILES string of the molecule is Cc1ccc(Cn2cnc(NC(=O)Cn3nc(C(F)(F)F)c4c3CCCCC4)n2)cc1. The minimum Gasteiger partial charge on any atom is -0.292 e. The summed E-state index contributed by atoms with van der Waals surface area (Å²) in [4.78, 5) is 16.5. The number of carbonyl (C=O) groups is 1. The molecule has 0 bridgehead atoms. The smallest absolute Gasteiger partial charge is 0.292 e. The zero-order valence-electron chi connectivity index (χ0n) is 17.1. The highest BCUT2D eigenvalue weighted by Crippen LogP contribution is 2.35. The number of rotatable bonds is 5. The molecule has 4 rings (SSSR count). The first-order valence-electron chi connectivity index (χ1n) is 10.2. The molecule has 0 unspecified atom stereocenters. The van der Waals surface area contributed by atoms with Gasteiger partial charge in [-0.2, -0.15) is 18.3 Å². The van der Waals surface area contributed by atoms with E-state index < -0.39 is 17.8 Å². The van der Waals surface area contributed by atoms with E-state index in [2.05, 4.69) is 20.5 Å². The summed E-state index contributed by atoms with van der Waals surface area (Å²) in [5, 5.41) is 10.5. The first-order chi connectivity index (χ1) is 14.8. The summed E-state index contributed by atoms with van der Waals surface area (Å²) in [6.07, 6.45) is 0.106. The van der Waals surface area contributed by atoms with Crippen LogP contribution < -0.4 is 5.32 Å². The summed E-state index contributed by atoms with van der Waals surface area (Å²) >= 11 is 0. The van der Waals surface area contributed by atoms with E-state index in [0.29, 0.717) is 31.5 Å². The Hall–Kier alpha value is -3.17.